The molecule has 0 atom stereocenters. The number of carbonyl (C=O) groups excluding carboxylic acids is 1. The molecule has 1 aliphatic rings. The predicted octanol–water partition coefficient (Wildman–Crippen LogP) is 6.05. The van der Waals surface area contributed by atoms with Crippen LogP contribution in [0.1, 0.15) is 5.76 Å². The number of nitrogens with one attached hydrogen (secondary N) is 1. The molecular weight excluding hydrogens is 541 g/mol. The van der Waals surface area contributed by atoms with Crippen LogP contribution in [0.15, 0.2) is 46.9 Å². The fourth-order valence-electron chi connectivity index (χ4n) is 3.60. The first-order valence-corrected chi connectivity index (χ1v) is 11.7. The summed E-state index contributed by atoms with van der Waals surface area (Å²) in [7, 11) is 0. The lowest BCUT2D eigenvalue weighted by Crippen LogP contribution is -2.53. The van der Waals surface area contributed by atoms with E-state index in [1.165, 1.54) is 12.2 Å². The molecule has 1 aromatic heterocycles. The van der Waals surface area contributed by atoms with Gasteiger partial charge in [-0.2, -0.15) is 0 Å². The summed E-state index contributed by atoms with van der Waals surface area (Å²) in [6.45, 7) is 0.298. The standard InChI is InChI=1S/C24H17Cl2F4N3O2S/c25-14-3-1-13(2-4-14)16-7-5-15(35-16)6-8-17(34)31-24(36)33-11-9-32(10-12-33)23-21(29)19(27)18(26)20(28)22(23)30/h1-8H,9-12H2,(H,31,34,36)/b8-6+. The molecule has 2 aromatic carbocycles. The average Bonchev–Trinajstić information content (AvgIpc) is 3.35. The molecule has 0 unspecified atom stereocenters. The summed E-state index contributed by atoms with van der Waals surface area (Å²) < 4.78 is 61.7. The fraction of sp³-hybridized carbons (Fsp3) is 0.167. The van der Waals surface area contributed by atoms with Crippen LogP contribution in [0, 0.1) is 23.3 Å². The number of furan rings is 1. The fourth-order valence-corrected chi connectivity index (χ4v) is 4.17. The molecule has 4 rings (SSSR count). The lowest BCUT2D eigenvalue weighted by Gasteiger charge is -2.37. The minimum absolute atomic E-state index is 0.0000718. The molecule has 12 heteroatoms. The van der Waals surface area contributed by atoms with Gasteiger partial charge < -0.3 is 14.2 Å². The summed E-state index contributed by atoms with van der Waals surface area (Å²) in [6, 6.07) is 10.6. The Hall–Kier alpha value is -3.08. The van der Waals surface area contributed by atoms with Crippen LogP contribution in [0.3, 0.4) is 0 Å². The van der Waals surface area contributed by atoms with E-state index in [9.17, 15) is 22.4 Å². The van der Waals surface area contributed by atoms with Crippen LogP contribution in [-0.4, -0.2) is 42.1 Å². The van der Waals surface area contributed by atoms with Gasteiger partial charge in [0.25, 0.3) is 0 Å². The number of piperazine rings is 1. The zero-order valence-electron chi connectivity index (χ0n) is 18.3. The van der Waals surface area contributed by atoms with E-state index in [1.54, 1.807) is 29.2 Å². The maximum Gasteiger partial charge on any atom is 0.250 e. The first-order valence-electron chi connectivity index (χ1n) is 10.6. The molecule has 0 aliphatic carbocycles. The van der Waals surface area contributed by atoms with Crippen molar-refractivity contribution in [3.8, 4) is 11.3 Å². The number of thiocarbonyl (C=S) groups is 1. The van der Waals surface area contributed by atoms with Gasteiger partial charge in [-0.3, -0.25) is 10.1 Å². The van der Waals surface area contributed by atoms with E-state index in [0.29, 0.717) is 16.5 Å². The van der Waals surface area contributed by atoms with Crippen LogP contribution in [0.4, 0.5) is 23.2 Å². The number of halogens is 6. The molecule has 2 heterocycles. The molecule has 1 saturated heterocycles. The van der Waals surface area contributed by atoms with Crippen molar-refractivity contribution in [1.82, 2.24) is 10.2 Å². The largest absolute Gasteiger partial charge is 0.457 e. The Balaban J connectivity index is 1.32. The van der Waals surface area contributed by atoms with E-state index >= 15 is 0 Å². The van der Waals surface area contributed by atoms with Gasteiger partial charge >= 0.3 is 0 Å². The summed E-state index contributed by atoms with van der Waals surface area (Å²) in [4.78, 5) is 15.0. The Labute approximate surface area is 218 Å². The first-order chi connectivity index (χ1) is 17.2. The second-order valence-electron chi connectivity index (χ2n) is 7.73. The van der Waals surface area contributed by atoms with Crippen LogP contribution in [0.2, 0.25) is 10.0 Å². The summed E-state index contributed by atoms with van der Waals surface area (Å²) in [6.07, 6.45) is 2.72. The number of rotatable bonds is 4. The van der Waals surface area contributed by atoms with Crippen molar-refractivity contribution >= 4 is 58.2 Å². The number of hydrogen-bond donors (Lipinski definition) is 1. The highest BCUT2D eigenvalue weighted by molar-refractivity contribution is 7.80. The van der Waals surface area contributed by atoms with Crippen LogP contribution < -0.4 is 10.2 Å². The molecule has 1 aliphatic heterocycles. The Kier molecular flexibility index (Phi) is 7.87. The van der Waals surface area contributed by atoms with Crippen molar-refractivity contribution < 1.29 is 26.8 Å². The summed E-state index contributed by atoms with van der Waals surface area (Å²) >= 11 is 16.4. The molecule has 5 nitrogen and oxygen atoms in total. The number of anilines is 1. The van der Waals surface area contributed by atoms with Gasteiger partial charge in [-0.15, -0.1) is 0 Å². The summed E-state index contributed by atoms with van der Waals surface area (Å²) in [5, 5.41) is 2.00. The second kappa shape index (κ2) is 10.9. The van der Waals surface area contributed by atoms with Crippen molar-refractivity contribution in [2.75, 3.05) is 31.1 Å². The molecule has 0 bridgehead atoms. The molecule has 188 valence electrons. The molecular formula is C24H17Cl2F4N3O2S. The Morgan fingerprint density at radius 3 is 2.14 bits per heavy atom. The van der Waals surface area contributed by atoms with E-state index in [-0.39, 0.29) is 31.3 Å². The van der Waals surface area contributed by atoms with Gasteiger partial charge in [0.15, 0.2) is 28.4 Å². The molecule has 1 N–H and O–H groups in total. The average molecular weight is 558 g/mol. The Bertz CT molecular complexity index is 1310. The van der Waals surface area contributed by atoms with Crippen molar-refractivity contribution in [3.05, 3.63) is 81.5 Å². The normalized spacial score (nSPS) is 13.9. The highest BCUT2D eigenvalue weighted by atomic mass is 35.5. The maximum absolute atomic E-state index is 14.2. The number of hydrogen-bond acceptors (Lipinski definition) is 4. The highest BCUT2D eigenvalue weighted by Gasteiger charge is 2.30. The third kappa shape index (κ3) is 5.50. The molecule has 1 amide bonds. The smallest absolute Gasteiger partial charge is 0.250 e. The molecule has 3 aromatic rings. The van der Waals surface area contributed by atoms with Crippen LogP contribution in [0.25, 0.3) is 17.4 Å². The lowest BCUT2D eigenvalue weighted by molar-refractivity contribution is -0.115. The van der Waals surface area contributed by atoms with Gasteiger partial charge in [-0.1, -0.05) is 23.2 Å². The quantitative estimate of drug-likeness (QED) is 0.139. The highest BCUT2D eigenvalue weighted by Crippen LogP contribution is 2.34. The number of amides is 1. The van der Waals surface area contributed by atoms with E-state index in [0.717, 1.165) is 10.5 Å². The van der Waals surface area contributed by atoms with Crippen LogP contribution >= 0.6 is 35.4 Å². The number of benzene rings is 2. The molecule has 0 spiro atoms. The topological polar surface area (TPSA) is 48.7 Å². The van der Waals surface area contributed by atoms with E-state index in [1.807, 2.05) is 12.1 Å². The summed E-state index contributed by atoms with van der Waals surface area (Å²) in [5.41, 5.74) is -0.00369. The van der Waals surface area contributed by atoms with E-state index < -0.39 is 39.9 Å². The van der Waals surface area contributed by atoms with E-state index in [2.05, 4.69) is 5.32 Å². The molecule has 0 saturated carbocycles. The SMILES string of the molecule is O=C(/C=C/c1ccc(-c2ccc(Cl)cc2)o1)NC(=S)N1CCN(c2c(F)c(F)c(Cl)c(F)c2F)CC1. The molecule has 0 radical (unpaired) electrons. The monoisotopic (exact) mass is 557 g/mol. The van der Waals surface area contributed by atoms with Gasteiger partial charge in [0.05, 0.1) is 0 Å². The summed E-state index contributed by atoms with van der Waals surface area (Å²) in [5.74, 6) is -5.89. The van der Waals surface area contributed by atoms with Crippen LogP contribution in [0.5, 0.6) is 0 Å². The van der Waals surface area contributed by atoms with E-state index in [4.69, 9.17) is 39.8 Å². The number of nitrogens with zero attached hydrogens (tertiary/aromatic N) is 2. The van der Waals surface area contributed by atoms with Gasteiger partial charge in [0, 0.05) is 42.8 Å². The minimum Gasteiger partial charge on any atom is -0.457 e. The van der Waals surface area contributed by atoms with Crippen molar-refractivity contribution in [2.45, 2.75) is 0 Å². The molecule has 1 fully saturated rings. The van der Waals surface area contributed by atoms with Crippen molar-refractivity contribution in [1.29, 1.82) is 0 Å². The predicted molar refractivity (Wildman–Crippen MR) is 134 cm³/mol. The Morgan fingerprint density at radius 2 is 1.53 bits per heavy atom. The molecule has 36 heavy (non-hydrogen) atoms. The second-order valence-corrected chi connectivity index (χ2v) is 8.93. The zero-order valence-corrected chi connectivity index (χ0v) is 20.7. The van der Waals surface area contributed by atoms with Crippen molar-refractivity contribution in [2.24, 2.45) is 0 Å². The first kappa shape index (κ1) is 26.0. The lowest BCUT2D eigenvalue weighted by atomic mass is 10.2. The maximum atomic E-state index is 14.2. The van der Waals surface area contributed by atoms with Gasteiger partial charge in [-0.05, 0) is 54.7 Å². The van der Waals surface area contributed by atoms with Gasteiger partial charge in [-0.25, -0.2) is 17.6 Å². The minimum atomic E-state index is -1.65. The van der Waals surface area contributed by atoms with Gasteiger partial charge in [0.2, 0.25) is 5.91 Å². The third-order valence-electron chi connectivity index (χ3n) is 5.45. The zero-order chi connectivity index (χ0) is 26.0. The third-order valence-corrected chi connectivity index (χ3v) is 6.40. The van der Waals surface area contributed by atoms with Gasteiger partial charge in [0.1, 0.15) is 22.2 Å². The van der Waals surface area contributed by atoms with Crippen molar-refractivity contribution in [3.63, 3.8) is 0 Å². The van der Waals surface area contributed by atoms with Crippen LogP contribution in [-0.2, 0) is 4.79 Å². The number of carbonyl (C=O) groups is 1. The Morgan fingerprint density at radius 1 is 0.917 bits per heavy atom.